The monoisotopic (exact) mass is 677 g/mol. The zero-order valence-electron chi connectivity index (χ0n) is 32.3. The number of allylic oxidation sites excluding steroid dienone is 4. The van der Waals surface area contributed by atoms with E-state index in [4.69, 9.17) is 14.2 Å². The highest BCUT2D eigenvalue weighted by Crippen LogP contribution is 2.13. The van der Waals surface area contributed by atoms with Gasteiger partial charge < -0.3 is 14.2 Å². The van der Waals surface area contributed by atoms with Crippen LogP contribution in [0, 0.1) is 0 Å². The number of rotatable bonds is 38. The molecular formula is C43H80O5. The molecule has 0 radical (unpaired) electrons. The predicted molar refractivity (Wildman–Crippen MR) is 205 cm³/mol. The second-order valence-corrected chi connectivity index (χ2v) is 13.9. The Morgan fingerprint density at radius 1 is 0.438 bits per heavy atom. The maximum Gasteiger partial charge on any atom is 0.306 e. The molecule has 282 valence electrons. The van der Waals surface area contributed by atoms with Crippen molar-refractivity contribution in [2.24, 2.45) is 0 Å². The van der Waals surface area contributed by atoms with Crippen LogP contribution >= 0.6 is 0 Å². The van der Waals surface area contributed by atoms with E-state index in [0.29, 0.717) is 19.4 Å². The van der Waals surface area contributed by atoms with E-state index >= 15 is 0 Å². The highest BCUT2D eigenvalue weighted by Gasteiger charge is 2.17. The summed E-state index contributed by atoms with van der Waals surface area (Å²) in [5, 5.41) is 0. The van der Waals surface area contributed by atoms with E-state index in [2.05, 4.69) is 45.1 Å². The van der Waals surface area contributed by atoms with Crippen molar-refractivity contribution >= 4 is 11.9 Å². The molecule has 0 bridgehead atoms. The maximum atomic E-state index is 12.6. The number of esters is 2. The number of unbranched alkanes of at least 4 members (excludes halogenated alkanes) is 23. The minimum absolute atomic E-state index is 0.0829. The van der Waals surface area contributed by atoms with Gasteiger partial charge in [-0.1, -0.05) is 167 Å². The molecule has 0 saturated carbocycles. The van der Waals surface area contributed by atoms with Crippen LogP contribution in [0.25, 0.3) is 0 Å². The van der Waals surface area contributed by atoms with Crippen LogP contribution in [-0.2, 0) is 23.8 Å². The summed E-state index contributed by atoms with van der Waals surface area (Å²) >= 11 is 0. The van der Waals surface area contributed by atoms with Gasteiger partial charge in [-0.2, -0.15) is 0 Å². The summed E-state index contributed by atoms with van der Waals surface area (Å²) < 4.78 is 17.2. The van der Waals surface area contributed by atoms with Gasteiger partial charge in [-0.25, -0.2) is 0 Å². The second-order valence-electron chi connectivity index (χ2n) is 13.9. The van der Waals surface area contributed by atoms with Crippen LogP contribution in [-0.4, -0.2) is 37.9 Å². The first-order chi connectivity index (χ1) is 23.6. The average Bonchev–Trinajstić information content (AvgIpc) is 3.08. The summed E-state index contributed by atoms with van der Waals surface area (Å²) in [4.78, 5) is 25.0. The fourth-order valence-corrected chi connectivity index (χ4v) is 5.76. The Hall–Kier alpha value is -1.62. The molecule has 0 aromatic heterocycles. The Bertz CT molecular complexity index is 731. The zero-order chi connectivity index (χ0) is 35.0. The molecule has 0 aromatic carbocycles. The molecule has 0 spiro atoms. The lowest BCUT2D eigenvalue weighted by molar-refractivity contribution is -0.163. The summed E-state index contributed by atoms with van der Waals surface area (Å²) in [6.07, 6.45) is 43.1. The number of carbonyl (C=O) groups excluding carboxylic acids is 2. The molecule has 0 amide bonds. The first kappa shape index (κ1) is 46.4. The van der Waals surface area contributed by atoms with Gasteiger partial charge in [-0.3, -0.25) is 9.59 Å². The van der Waals surface area contributed by atoms with E-state index in [9.17, 15) is 9.59 Å². The van der Waals surface area contributed by atoms with Gasteiger partial charge in [0.25, 0.3) is 0 Å². The van der Waals surface area contributed by atoms with Crippen LogP contribution in [0.1, 0.15) is 213 Å². The molecule has 0 aromatic rings. The molecule has 0 aliphatic heterocycles. The number of hydrogen-bond acceptors (Lipinski definition) is 5. The minimum Gasteiger partial charge on any atom is -0.462 e. The number of ether oxygens (including phenoxy) is 3. The molecule has 5 heteroatoms. The lowest BCUT2D eigenvalue weighted by Gasteiger charge is -2.18. The molecule has 1 atom stereocenters. The van der Waals surface area contributed by atoms with E-state index in [0.717, 1.165) is 51.4 Å². The van der Waals surface area contributed by atoms with E-state index in [-0.39, 0.29) is 25.2 Å². The van der Waals surface area contributed by atoms with E-state index in [1.165, 1.54) is 128 Å². The fourth-order valence-electron chi connectivity index (χ4n) is 5.76. The number of carbonyl (C=O) groups is 2. The van der Waals surface area contributed by atoms with Gasteiger partial charge in [0.2, 0.25) is 0 Å². The third-order valence-corrected chi connectivity index (χ3v) is 8.96. The van der Waals surface area contributed by atoms with Crippen molar-refractivity contribution in [3.63, 3.8) is 0 Å². The standard InChI is InChI=1S/C43H80O5/c1-4-7-10-13-16-19-21-23-26-29-32-35-38-46-39-41(48-43(45)37-34-31-28-24-18-15-12-9-6-3)40-47-42(44)36-33-30-27-25-22-20-17-14-11-8-5-2/h13-14,16-17,41H,4-12,15,18-40H2,1-3H3/b16-13-,17-14-. The van der Waals surface area contributed by atoms with Crippen molar-refractivity contribution in [1.82, 2.24) is 0 Å². The normalized spacial score (nSPS) is 12.3. The van der Waals surface area contributed by atoms with Crippen molar-refractivity contribution in [2.75, 3.05) is 19.8 Å². The van der Waals surface area contributed by atoms with E-state index < -0.39 is 6.10 Å². The Labute approximate surface area is 298 Å². The molecule has 0 saturated heterocycles. The third kappa shape index (κ3) is 37.2. The SMILES string of the molecule is CCCC/C=C\CCCCCCCCOCC(COC(=O)CCCCCCC/C=C\CCCC)OC(=O)CCCCCCCCCCC. The molecule has 0 aliphatic carbocycles. The van der Waals surface area contributed by atoms with Crippen LogP contribution in [0.5, 0.6) is 0 Å². The molecule has 0 fully saturated rings. The molecule has 5 nitrogen and oxygen atoms in total. The minimum atomic E-state index is -0.532. The summed E-state index contributed by atoms with van der Waals surface area (Å²) in [6.45, 7) is 7.73. The lowest BCUT2D eigenvalue weighted by Crippen LogP contribution is -2.30. The van der Waals surface area contributed by atoms with Crippen LogP contribution in [0.3, 0.4) is 0 Å². The third-order valence-electron chi connectivity index (χ3n) is 8.96. The predicted octanol–water partition coefficient (Wildman–Crippen LogP) is 13.3. The van der Waals surface area contributed by atoms with Gasteiger partial charge in [0.15, 0.2) is 6.10 Å². The summed E-state index contributed by atoms with van der Waals surface area (Å²) in [5.41, 5.74) is 0. The molecule has 0 aliphatic rings. The Kier molecular flexibility index (Phi) is 38.5. The topological polar surface area (TPSA) is 61.8 Å². The Morgan fingerprint density at radius 3 is 1.33 bits per heavy atom. The van der Waals surface area contributed by atoms with Crippen molar-refractivity contribution < 1.29 is 23.8 Å². The molecule has 1 unspecified atom stereocenters. The molecular weight excluding hydrogens is 596 g/mol. The fraction of sp³-hybridized carbons (Fsp3) is 0.860. The van der Waals surface area contributed by atoms with Crippen LogP contribution in [0.2, 0.25) is 0 Å². The van der Waals surface area contributed by atoms with Crippen LogP contribution in [0.15, 0.2) is 24.3 Å². The highest BCUT2D eigenvalue weighted by atomic mass is 16.6. The van der Waals surface area contributed by atoms with Crippen molar-refractivity contribution in [1.29, 1.82) is 0 Å². The smallest absolute Gasteiger partial charge is 0.306 e. The maximum absolute atomic E-state index is 12.6. The molecule has 0 rings (SSSR count). The van der Waals surface area contributed by atoms with Gasteiger partial charge in [-0.15, -0.1) is 0 Å². The summed E-state index contributed by atoms with van der Waals surface area (Å²) in [7, 11) is 0. The van der Waals surface area contributed by atoms with Gasteiger partial charge >= 0.3 is 11.9 Å². The molecule has 48 heavy (non-hydrogen) atoms. The van der Waals surface area contributed by atoms with E-state index in [1.54, 1.807) is 0 Å². The van der Waals surface area contributed by atoms with Crippen molar-refractivity contribution in [3.05, 3.63) is 24.3 Å². The van der Waals surface area contributed by atoms with Gasteiger partial charge in [-0.05, 0) is 57.8 Å². The first-order valence-corrected chi connectivity index (χ1v) is 20.9. The molecule has 0 heterocycles. The van der Waals surface area contributed by atoms with E-state index in [1.807, 2.05) is 0 Å². The van der Waals surface area contributed by atoms with Crippen molar-refractivity contribution in [2.45, 2.75) is 219 Å². The Morgan fingerprint density at radius 2 is 0.833 bits per heavy atom. The summed E-state index contributed by atoms with van der Waals surface area (Å²) in [6, 6.07) is 0. The largest absolute Gasteiger partial charge is 0.462 e. The quantitative estimate of drug-likeness (QED) is 0.0370. The highest BCUT2D eigenvalue weighted by molar-refractivity contribution is 5.70. The molecule has 0 N–H and O–H groups in total. The van der Waals surface area contributed by atoms with Gasteiger partial charge in [0, 0.05) is 19.4 Å². The van der Waals surface area contributed by atoms with Crippen LogP contribution in [0.4, 0.5) is 0 Å². The van der Waals surface area contributed by atoms with Crippen molar-refractivity contribution in [3.8, 4) is 0 Å². The second kappa shape index (κ2) is 39.8. The van der Waals surface area contributed by atoms with Gasteiger partial charge in [0.05, 0.1) is 6.61 Å². The summed E-state index contributed by atoms with van der Waals surface area (Å²) in [5.74, 6) is -0.409. The first-order valence-electron chi connectivity index (χ1n) is 20.9. The van der Waals surface area contributed by atoms with Crippen LogP contribution < -0.4 is 0 Å². The average molecular weight is 677 g/mol. The lowest BCUT2D eigenvalue weighted by atomic mass is 10.1. The Balaban J connectivity index is 4.23. The number of hydrogen-bond donors (Lipinski definition) is 0. The zero-order valence-corrected chi connectivity index (χ0v) is 32.3. The van der Waals surface area contributed by atoms with Gasteiger partial charge in [0.1, 0.15) is 6.61 Å².